The maximum absolute atomic E-state index is 13.8. The van der Waals surface area contributed by atoms with Gasteiger partial charge >= 0.3 is 0 Å². The topological polar surface area (TPSA) is 80.0 Å². The number of aromatic nitrogens is 3. The molecule has 0 radical (unpaired) electrons. The Hall–Kier alpha value is -2.15. The van der Waals surface area contributed by atoms with Gasteiger partial charge in [-0.25, -0.2) is 4.39 Å². The highest BCUT2D eigenvalue weighted by Crippen LogP contribution is 2.27. The molecule has 2 rings (SSSR count). The van der Waals surface area contributed by atoms with Crippen LogP contribution < -0.4 is 16.0 Å². The number of halogens is 2. The summed E-state index contributed by atoms with van der Waals surface area (Å²) >= 11 is 5.96. The molecule has 0 saturated carbocycles. The Balaban J connectivity index is 2.36. The second-order valence-electron chi connectivity index (χ2n) is 4.21. The lowest BCUT2D eigenvalue weighted by Crippen LogP contribution is -2.25. The SMILES string of the molecule is CCN(CC)c1nc(N)nc(Nc2c(F)cccc2Cl)n1. The first-order valence-electron chi connectivity index (χ1n) is 6.52. The van der Waals surface area contributed by atoms with E-state index in [1.807, 2.05) is 18.7 Å². The Labute approximate surface area is 127 Å². The van der Waals surface area contributed by atoms with E-state index in [2.05, 4.69) is 20.3 Å². The van der Waals surface area contributed by atoms with E-state index in [-0.39, 0.29) is 22.6 Å². The third-order valence-electron chi connectivity index (χ3n) is 2.89. The number of hydrogen-bond acceptors (Lipinski definition) is 6. The lowest BCUT2D eigenvalue weighted by atomic mass is 10.3. The van der Waals surface area contributed by atoms with Gasteiger partial charge in [-0.05, 0) is 26.0 Å². The summed E-state index contributed by atoms with van der Waals surface area (Å²) in [5.41, 5.74) is 5.79. The van der Waals surface area contributed by atoms with E-state index in [4.69, 9.17) is 17.3 Å². The van der Waals surface area contributed by atoms with Gasteiger partial charge in [0.25, 0.3) is 0 Å². The molecule has 0 spiro atoms. The van der Waals surface area contributed by atoms with E-state index in [1.54, 1.807) is 6.07 Å². The van der Waals surface area contributed by atoms with Crippen molar-refractivity contribution in [1.29, 1.82) is 0 Å². The van der Waals surface area contributed by atoms with Gasteiger partial charge in [-0.1, -0.05) is 17.7 Å². The smallest absolute Gasteiger partial charge is 0.233 e. The summed E-state index contributed by atoms with van der Waals surface area (Å²) in [6.07, 6.45) is 0. The van der Waals surface area contributed by atoms with Gasteiger partial charge in [0.1, 0.15) is 5.82 Å². The summed E-state index contributed by atoms with van der Waals surface area (Å²) in [4.78, 5) is 14.2. The van der Waals surface area contributed by atoms with Crippen molar-refractivity contribution >= 4 is 35.1 Å². The number of para-hydroxylation sites is 1. The number of nitrogens with one attached hydrogen (secondary N) is 1. The molecular formula is C13H16ClFN6. The van der Waals surface area contributed by atoms with Crippen molar-refractivity contribution in [2.24, 2.45) is 0 Å². The minimum Gasteiger partial charge on any atom is -0.368 e. The highest BCUT2D eigenvalue weighted by Gasteiger charge is 2.13. The van der Waals surface area contributed by atoms with Gasteiger partial charge in [-0.2, -0.15) is 15.0 Å². The predicted molar refractivity (Wildman–Crippen MR) is 82.5 cm³/mol. The Morgan fingerprint density at radius 1 is 1.24 bits per heavy atom. The van der Waals surface area contributed by atoms with Crippen LogP contribution in [0.4, 0.5) is 27.9 Å². The van der Waals surface area contributed by atoms with Crippen molar-refractivity contribution in [3.8, 4) is 0 Å². The zero-order valence-electron chi connectivity index (χ0n) is 11.8. The van der Waals surface area contributed by atoms with Crippen LogP contribution in [0, 0.1) is 5.82 Å². The molecule has 1 heterocycles. The third kappa shape index (κ3) is 3.49. The fourth-order valence-electron chi connectivity index (χ4n) is 1.81. The van der Waals surface area contributed by atoms with Gasteiger partial charge in [-0.15, -0.1) is 0 Å². The Bertz CT molecular complexity index is 612. The molecule has 6 nitrogen and oxygen atoms in total. The summed E-state index contributed by atoms with van der Waals surface area (Å²) < 4.78 is 13.8. The lowest BCUT2D eigenvalue weighted by Gasteiger charge is -2.19. The van der Waals surface area contributed by atoms with Crippen molar-refractivity contribution in [3.63, 3.8) is 0 Å². The Kier molecular flexibility index (Phi) is 4.74. The summed E-state index contributed by atoms with van der Waals surface area (Å²) in [6, 6.07) is 4.39. The normalized spacial score (nSPS) is 10.5. The summed E-state index contributed by atoms with van der Waals surface area (Å²) in [5, 5.41) is 2.98. The van der Waals surface area contributed by atoms with Crippen LogP contribution in [-0.4, -0.2) is 28.0 Å². The molecule has 0 aliphatic carbocycles. The second kappa shape index (κ2) is 6.53. The van der Waals surface area contributed by atoms with Crippen LogP contribution in [0.2, 0.25) is 5.02 Å². The number of anilines is 4. The van der Waals surface area contributed by atoms with Crippen molar-refractivity contribution in [2.45, 2.75) is 13.8 Å². The second-order valence-corrected chi connectivity index (χ2v) is 4.62. The van der Waals surface area contributed by atoms with E-state index in [9.17, 15) is 4.39 Å². The van der Waals surface area contributed by atoms with E-state index < -0.39 is 5.82 Å². The highest BCUT2D eigenvalue weighted by molar-refractivity contribution is 6.33. The summed E-state index contributed by atoms with van der Waals surface area (Å²) in [7, 11) is 0. The van der Waals surface area contributed by atoms with Gasteiger partial charge in [-0.3, -0.25) is 0 Å². The molecule has 0 bridgehead atoms. The number of hydrogen-bond donors (Lipinski definition) is 2. The van der Waals surface area contributed by atoms with Gasteiger partial charge in [0, 0.05) is 13.1 Å². The summed E-state index contributed by atoms with van der Waals surface area (Å²) in [6.45, 7) is 5.40. The number of rotatable bonds is 5. The maximum Gasteiger partial charge on any atom is 0.233 e. The molecule has 0 amide bonds. The van der Waals surface area contributed by atoms with Gasteiger partial charge < -0.3 is 16.0 Å². The van der Waals surface area contributed by atoms with E-state index in [0.717, 1.165) is 13.1 Å². The minimum absolute atomic E-state index is 0.0573. The first-order valence-corrected chi connectivity index (χ1v) is 6.90. The van der Waals surface area contributed by atoms with Crippen LogP contribution in [0.1, 0.15) is 13.8 Å². The van der Waals surface area contributed by atoms with E-state index >= 15 is 0 Å². The molecule has 3 N–H and O–H groups in total. The van der Waals surface area contributed by atoms with Crippen molar-refractivity contribution in [2.75, 3.05) is 29.0 Å². The maximum atomic E-state index is 13.8. The molecule has 0 saturated heterocycles. The van der Waals surface area contributed by atoms with E-state index in [1.165, 1.54) is 12.1 Å². The lowest BCUT2D eigenvalue weighted by molar-refractivity contribution is 0.631. The number of nitrogens with two attached hydrogens (primary N) is 1. The molecule has 1 aromatic heterocycles. The van der Waals surface area contributed by atoms with Gasteiger partial charge in [0.15, 0.2) is 0 Å². The van der Waals surface area contributed by atoms with Crippen molar-refractivity contribution in [1.82, 2.24) is 15.0 Å². The average molecular weight is 311 g/mol. The average Bonchev–Trinajstić information content (AvgIpc) is 2.44. The van der Waals surface area contributed by atoms with Gasteiger partial charge in [0.05, 0.1) is 10.7 Å². The largest absolute Gasteiger partial charge is 0.368 e. The monoisotopic (exact) mass is 310 g/mol. The molecular weight excluding hydrogens is 295 g/mol. The Morgan fingerprint density at radius 2 is 1.95 bits per heavy atom. The first kappa shape index (κ1) is 15.2. The standard InChI is InChI=1S/C13H16ClFN6/c1-3-21(4-2)13-19-11(16)18-12(20-13)17-10-8(14)6-5-7-9(10)15/h5-7H,3-4H2,1-2H3,(H3,16,17,18,19,20). The van der Waals surface area contributed by atoms with Gasteiger partial charge in [0.2, 0.25) is 17.8 Å². The van der Waals surface area contributed by atoms with E-state index in [0.29, 0.717) is 5.95 Å². The first-order chi connectivity index (χ1) is 10.0. The highest BCUT2D eigenvalue weighted by atomic mass is 35.5. The predicted octanol–water partition coefficient (Wildman–Crippen LogP) is 2.84. The molecule has 0 aliphatic rings. The molecule has 2 aromatic rings. The molecule has 8 heteroatoms. The molecule has 21 heavy (non-hydrogen) atoms. The fourth-order valence-corrected chi connectivity index (χ4v) is 2.02. The van der Waals surface area contributed by atoms with Crippen LogP contribution in [0.25, 0.3) is 0 Å². The van der Waals surface area contributed by atoms with Crippen molar-refractivity contribution < 1.29 is 4.39 Å². The Morgan fingerprint density at radius 3 is 2.57 bits per heavy atom. The number of benzene rings is 1. The zero-order chi connectivity index (χ0) is 15.4. The van der Waals surface area contributed by atoms with Crippen molar-refractivity contribution in [3.05, 3.63) is 29.0 Å². The zero-order valence-corrected chi connectivity index (χ0v) is 12.5. The van der Waals surface area contributed by atoms with Crippen LogP contribution >= 0.6 is 11.6 Å². The van der Waals surface area contributed by atoms with Crippen LogP contribution in [0.3, 0.4) is 0 Å². The number of nitrogen functional groups attached to an aromatic ring is 1. The molecule has 0 unspecified atom stereocenters. The van der Waals surface area contributed by atoms with Crippen LogP contribution in [0.5, 0.6) is 0 Å². The number of nitrogens with zero attached hydrogens (tertiary/aromatic N) is 4. The minimum atomic E-state index is -0.495. The fraction of sp³-hybridized carbons (Fsp3) is 0.308. The molecule has 1 aromatic carbocycles. The van der Waals surface area contributed by atoms with Crippen LogP contribution in [0.15, 0.2) is 18.2 Å². The molecule has 0 atom stereocenters. The third-order valence-corrected chi connectivity index (χ3v) is 3.20. The molecule has 0 aliphatic heterocycles. The quantitative estimate of drug-likeness (QED) is 0.884. The molecule has 0 fully saturated rings. The molecule has 112 valence electrons. The van der Waals surface area contributed by atoms with Crippen LogP contribution in [-0.2, 0) is 0 Å². The summed E-state index contributed by atoms with van der Waals surface area (Å²) in [5.74, 6) is 0.145.